The molecular weight excluding hydrogens is 304 g/mol. The van der Waals surface area contributed by atoms with E-state index in [1.165, 1.54) is 5.56 Å². The van der Waals surface area contributed by atoms with Crippen molar-refractivity contribution in [1.82, 2.24) is 4.90 Å². The van der Waals surface area contributed by atoms with E-state index in [9.17, 15) is 9.90 Å². The minimum Gasteiger partial charge on any atom is -0.508 e. The van der Waals surface area contributed by atoms with E-state index in [0.717, 1.165) is 24.5 Å². The molecule has 5 nitrogen and oxygen atoms in total. The summed E-state index contributed by atoms with van der Waals surface area (Å²) >= 11 is 0. The third kappa shape index (κ3) is 3.98. The highest BCUT2D eigenvalue weighted by Gasteiger charge is 2.21. The maximum absolute atomic E-state index is 12.3. The van der Waals surface area contributed by atoms with Crippen molar-refractivity contribution in [1.29, 1.82) is 0 Å². The van der Waals surface area contributed by atoms with Crippen molar-refractivity contribution in [2.45, 2.75) is 6.92 Å². The summed E-state index contributed by atoms with van der Waals surface area (Å²) in [5, 5.41) is 9.35. The third-order valence-corrected chi connectivity index (χ3v) is 4.23. The first kappa shape index (κ1) is 16.2. The normalized spacial score (nSPS) is 14.5. The Morgan fingerprint density at radius 3 is 2.25 bits per heavy atom. The van der Waals surface area contributed by atoms with Gasteiger partial charge in [-0.25, -0.2) is 0 Å². The van der Waals surface area contributed by atoms with E-state index in [1.807, 2.05) is 48.2 Å². The van der Waals surface area contributed by atoms with Crippen LogP contribution in [0.15, 0.2) is 48.5 Å². The Morgan fingerprint density at radius 2 is 1.62 bits per heavy atom. The number of piperazine rings is 1. The Bertz CT molecular complexity index is 675. The monoisotopic (exact) mass is 326 g/mol. The van der Waals surface area contributed by atoms with Crippen LogP contribution in [0.25, 0.3) is 0 Å². The van der Waals surface area contributed by atoms with Gasteiger partial charge in [-0.05, 0) is 43.3 Å². The Labute approximate surface area is 142 Å². The number of phenolic OH excluding ortho intramolecular Hbond substituents is 1. The molecule has 1 aliphatic rings. The molecule has 0 unspecified atom stereocenters. The number of aromatic hydroxyl groups is 1. The SMILES string of the molecule is Cc1ccc(OCC(=O)N2CCN(c3ccc(O)cc3)CC2)cc1. The van der Waals surface area contributed by atoms with Gasteiger partial charge in [-0.2, -0.15) is 0 Å². The molecule has 2 aromatic carbocycles. The molecule has 0 spiro atoms. The summed E-state index contributed by atoms with van der Waals surface area (Å²) in [6.07, 6.45) is 0. The van der Waals surface area contributed by atoms with Gasteiger partial charge in [0.05, 0.1) is 0 Å². The van der Waals surface area contributed by atoms with Gasteiger partial charge in [0.2, 0.25) is 0 Å². The van der Waals surface area contributed by atoms with Gasteiger partial charge in [-0.15, -0.1) is 0 Å². The second kappa shape index (κ2) is 7.25. The van der Waals surface area contributed by atoms with Crippen LogP contribution in [0.4, 0.5) is 5.69 Å². The number of rotatable bonds is 4. The van der Waals surface area contributed by atoms with E-state index in [-0.39, 0.29) is 18.3 Å². The number of phenols is 1. The van der Waals surface area contributed by atoms with Gasteiger partial charge in [-0.3, -0.25) is 4.79 Å². The number of amides is 1. The minimum atomic E-state index is 0.0148. The van der Waals surface area contributed by atoms with Crippen molar-refractivity contribution in [2.75, 3.05) is 37.7 Å². The van der Waals surface area contributed by atoms with Crippen LogP contribution >= 0.6 is 0 Å². The van der Waals surface area contributed by atoms with Crippen molar-refractivity contribution >= 4 is 11.6 Å². The molecular formula is C19H22N2O3. The smallest absolute Gasteiger partial charge is 0.260 e. The molecule has 0 aliphatic carbocycles. The largest absolute Gasteiger partial charge is 0.508 e. The zero-order valence-electron chi connectivity index (χ0n) is 13.8. The molecule has 0 bridgehead atoms. The standard InChI is InChI=1S/C19H22N2O3/c1-15-2-8-18(9-3-15)24-14-19(23)21-12-10-20(11-13-21)16-4-6-17(22)7-5-16/h2-9,22H,10-14H2,1H3. The van der Waals surface area contributed by atoms with Crippen LogP contribution < -0.4 is 9.64 Å². The molecule has 0 aromatic heterocycles. The van der Waals surface area contributed by atoms with Crippen molar-refractivity contribution in [3.05, 3.63) is 54.1 Å². The number of hydrogen-bond acceptors (Lipinski definition) is 4. The Balaban J connectivity index is 1.48. The molecule has 1 heterocycles. The lowest BCUT2D eigenvalue weighted by Gasteiger charge is -2.36. The van der Waals surface area contributed by atoms with Crippen LogP contribution in [0.3, 0.4) is 0 Å². The summed E-state index contributed by atoms with van der Waals surface area (Å²) in [7, 11) is 0. The van der Waals surface area contributed by atoms with Crippen molar-refractivity contribution < 1.29 is 14.6 Å². The first-order valence-electron chi connectivity index (χ1n) is 8.13. The first-order valence-corrected chi connectivity index (χ1v) is 8.13. The van der Waals surface area contributed by atoms with Crippen molar-refractivity contribution in [2.24, 2.45) is 0 Å². The van der Waals surface area contributed by atoms with Gasteiger partial charge in [0.15, 0.2) is 6.61 Å². The van der Waals surface area contributed by atoms with Crippen molar-refractivity contribution in [3.63, 3.8) is 0 Å². The van der Waals surface area contributed by atoms with Crippen LogP contribution in [0.1, 0.15) is 5.56 Å². The fourth-order valence-electron chi connectivity index (χ4n) is 2.75. The molecule has 1 amide bonds. The number of hydrogen-bond donors (Lipinski definition) is 1. The number of aryl methyl sites for hydroxylation is 1. The molecule has 0 saturated carbocycles. The number of carbonyl (C=O) groups excluding carboxylic acids is 1. The van der Waals surface area contributed by atoms with Gasteiger partial charge in [0, 0.05) is 31.9 Å². The van der Waals surface area contributed by atoms with Crippen LogP contribution in [-0.2, 0) is 4.79 Å². The van der Waals surface area contributed by atoms with E-state index in [0.29, 0.717) is 13.1 Å². The number of anilines is 1. The fourth-order valence-corrected chi connectivity index (χ4v) is 2.75. The zero-order valence-corrected chi connectivity index (χ0v) is 13.8. The molecule has 0 atom stereocenters. The molecule has 2 aromatic rings. The zero-order chi connectivity index (χ0) is 16.9. The quantitative estimate of drug-likeness (QED) is 0.937. The molecule has 24 heavy (non-hydrogen) atoms. The Hall–Kier alpha value is -2.69. The highest BCUT2D eigenvalue weighted by molar-refractivity contribution is 5.78. The van der Waals surface area contributed by atoms with Crippen LogP contribution in [0, 0.1) is 6.92 Å². The number of ether oxygens (including phenoxy) is 1. The van der Waals surface area contributed by atoms with Crippen LogP contribution in [-0.4, -0.2) is 48.7 Å². The molecule has 1 aliphatic heterocycles. The average molecular weight is 326 g/mol. The lowest BCUT2D eigenvalue weighted by atomic mass is 10.2. The average Bonchev–Trinajstić information content (AvgIpc) is 2.62. The first-order chi connectivity index (χ1) is 11.6. The van der Waals surface area contributed by atoms with E-state index in [1.54, 1.807) is 12.1 Å². The summed E-state index contributed by atoms with van der Waals surface area (Å²) in [5.74, 6) is 0.999. The van der Waals surface area contributed by atoms with Gasteiger partial charge in [-0.1, -0.05) is 17.7 Å². The highest BCUT2D eigenvalue weighted by atomic mass is 16.5. The highest BCUT2D eigenvalue weighted by Crippen LogP contribution is 2.20. The Morgan fingerprint density at radius 1 is 1.00 bits per heavy atom. The van der Waals surface area contributed by atoms with Crippen LogP contribution in [0.5, 0.6) is 11.5 Å². The van der Waals surface area contributed by atoms with E-state index in [2.05, 4.69) is 4.90 Å². The fraction of sp³-hybridized carbons (Fsp3) is 0.316. The Kier molecular flexibility index (Phi) is 4.89. The maximum Gasteiger partial charge on any atom is 0.260 e. The maximum atomic E-state index is 12.3. The molecule has 0 radical (unpaired) electrons. The minimum absolute atomic E-state index is 0.0148. The lowest BCUT2D eigenvalue weighted by Crippen LogP contribution is -2.50. The predicted octanol–water partition coefficient (Wildman–Crippen LogP) is 2.43. The summed E-state index contributed by atoms with van der Waals surface area (Å²) in [4.78, 5) is 16.3. The molecule has 1 N–H and O–H groups in total. The number of carbonyl (C=O) groups is 1. The molecule has 1 fully saturated rings. The van der Waals surface area contributed by atoms with E-state index < -0.39 is 0 Å². The van der Waals surface area contributed by atoms with E-state index in [4.69, 9.17) is 4.74 Å². The van der Waals surface area contributed by atoms with E-state index >= 15 is 0 Å². The van der Waals surface area contributed by atoms with Gasteiger partial charge < -0.3 is 19.6 Å². The van der Waals surface area contributed by atoms with Crippen LogP contribution in [0.2, 0.25) is 0 Å². The molecule has 5 heteroatoms. The van der Waals surface area contributed by atoms with Crippen molar-refractivity contribution in [3.8, 4) is 11.5 Å². The predicted molar refractivity (Wildman–Crippen MR) is 93.6 cm³/mol. The molecule has 1 saturated heterocycles. The third-order valence-electron chi connectivity index (χ3n) is 4.23. The summed E-state index contributed by atoms with van der Waals surface area (Å²) < 4.78 is 5.57. The molecule has 3 rings (SSSR count). The lowest BCUT2D eigenvalue weighted by molar-refractivity contribution is -0.133. The van der Waals surface area contributed by atoms with Gasteiger partial charge >= 0.3 is 0 Å². The summed E-state index contributed by atoms with van der Waals surface area (Å²) in [5.41, 5.74) is 2.23. The summed E-state index contributed by atoms with van der Waals surface area (Å²) in [6, 6.07) is 14.9. The number of benzene rings is 2. The van der Waals surface area contributed by atoms with Gasteiger partial charge in [0.25, 0.3) is 5.91 Å². The topological polar surface area (TPSA) is 53.0 Å². The number of nitrogens with zero attached hydrogens (tertiary/aromatic N) is 2. The van der Waals surface area contributed by atoms with Gasteiger partial charge in [0.1, 0.15) is 11.5 Å². The molecule has 126 valence electrons. The second-order valence-corrected chi connectivity index (χ2v) is 5.99. The second-order valence-electron chi connectivity index (χ2n) is 5.99. The summed E-state index contributed by atoms with van der Waals surface area (Å²) in [6.45, 7) is 5.00.